The van der Waals surface area contributed by atoms with Crippen LogP contribution in [0.15, 0.2) is 0 Å². The summed E-state index contributed by atoms with van der Waals surface area (Å²) in [7, 11) is 0. The lowest BCUT2D eigenvalue weighted by Crippen LogP contribution is -2.09. The van der Waals surface area contributed by atoms with Crippen LogP contribution in [0.25, 0.3) is 0 Å². The van der Waals surface area contributed by atoms with Crippen LogP contribution in [0.2, 0.25) is 0 Å². The Bertz CT molecular complexity index is 65.8. The van der Waals surface area contributed by atoms with Gasteiger partial charge in [-0.1, -0.05) is 0 Å². The van der Waals surface area contributed by atoms with Crippen LogP contribution in [-0.2, 0) is 0 Å². The van der Waals surface area contributed by atoms with Gasteiger partial charge in [0.05, 0.1) is 18.0 Å². The highest BCUT2D eigenvalue weighted by molar-refractivity contribution is 6.20. The van der Waals surface area contributed by atoms with Crippen molar-refractivity contribution >= 4 is 24.0 Å². The Kier molecular flexibility index (Phi) is 8.70. The molecule has 0 spiro atoms. The summed E-state index contributed by atoms with van der Waals surface area (Å²) in [6.45, 7) is 0. The second kappa shape index (κ2) is 6.03. The Balaban J connectivity index is 0. The summed E-state index contributed by atoms with van der Waals surface area (Å²) in [5.41, 5.74) is 4.46. The lowest BCUT2D eigenvalue weighted by molar-refractivity contribution is 0.931. The van der Waals surface area contributed by atoms with Gasteiger partial charge in [0.25, 0.3) is 0 Å². The van der Waals surface area contributed by atoms with Gasteiger partial charge in [-0.25, -0.2) is 0 Å². The molecule has 0 saturated carbocycles. The lowest BCUT2D eigenvalue weighted by atomic mass is 10.5. The number of halogens is 2. The summed E-state index contributed by atoms with van der Waals surface area (Å²) in [5, 5.41) is 7.82. The van der Waals surface area contributed by atoms with Crippen molar-refractivity contribution in [1.82, 2.24) is 0 Å². The van der Waals surface area contributed by atoms with Gasteiger partial charge in [0.2, 0.25) is 0 Å². The Hall–Kier alpha value is 0.0300. The third-order valence-corrected chi connectivity index (χ3v) is 0.441. The van der Waals surface area contributed by atoms with Crippen LogP contribution in [-0.4, -0.2) is 5.50 Å². The molecular weight excluding hydrogens is 135 g/mol. The normalized spacial score (nSPS) is 11.0. The molecule has 7 heavy (non-hydrogen) atoms. The molecule has 0 aromatic rings. The molecular formula is C3H6Cl2N2. The molecule has 0 aromatic carbocycles. The molecule has 0 fully saturated rings. The first-order valence-corrected chi connectivity index (χ1v) is 1.97. The van der Waals surface area contributed by atoms with E-state index in [0.29, 0.717) is 0 Å². The third-order valence-electron chi connectivity index (χ3n) is 0.286. The fourth-order valence-corrected chi connectivity index (χ4v) is 0.156. The topological polar surface area (TPSA) is 49.8 Å². The van der Waals surface area contributed by atoms with Crippen molar-refractivity contribution in [3.63, 3.8) is 0 Å². The smallest absolute Gasteiger partial charge is 0.0931 e. The predicted molar refractivity (Wildman–Crippen MR) is 31.3 cm³/mol. The summed E-state index contributed by atoms with van der Waals surface area (Å²) in [6.07, 6.45) is 0.224. The SMILES string of the molecule is Cl.N#CCC(N)Cl. The van der Waals surface area contributed by atoms with Crippen LogP contribution in [0.5, 0.6) is 0 Å². The highest BCUT2D eigenvalue weighted by Crippen LogP contribution is 1.87. The molecule has 1 atom stereocenters. The van der Waals surface area contributed by atoms with Crippen molar-refractivity contribution in [1.29, 1.82) is 5.26 Å². The van der Waals surface area contributed by atoms with Gasteiger partial charge >= 0.3 is 0 Å². The molecule has 0 bridgehead atoms. The predicted octanol–water partition coefficient (Wildman–Crippen LogP) is 0.845. The van der Waals surface area contributed by atoms with Crippen molar-refractivity contribution in [2.45, 2.75) is 11.9 Å². The molecule has 1 unspecified atom stereocenters. The summed E-state index contributed by atoms with van der Waals surface area (Å²) in [6, 6.07) is 1.81. The first-order chi connectivity index (χ1) is 2.77. The Morgan fingerprint density at radius 2 is 2.29 bits per heavy atom. The first kappa shape index (κ1) is 10.1. The van der Waals surface area contributed by atoms with Crippen molar-refractivity contribution in [3.05, 3.63) is 0 Å². The number of hydrogen-bond donors (Lipinski definition) is 1. The second-order valence-corrected chi connectivity index (χ2v) is 1.44. The third kappa shape index (κ3) is 10.7. The van der Waals surface area contributed by atoms with E-state index < -0.39 is 5.50 Å². The van der Waals surface area contributed by atoms with E-state index in [0.717, 1.165) is 0 Å². The highest BCUT2D eigenvalue weighted by atomic mass is 35.5. The van der Waals surface area contributed by atoms with Crippen molar-refractivity contribution in [2.24, 2.45) is 5.73 Å². The van der Waals surface area contributed by atoms with Gasteiger partial charge in [0.1, 0.15) is 0 Å². The molecule has 0 aliphatic carbocycles. The molecule has 2 nitrogen and oxygen atoms in total. The minimum atomic E-state index is -0.491. The van der Waals surface area contributed by atoms with Crippen LogP contribution in [0.1, 0.15) is 6.42 Å². The van der Waals surface area contributed by atoms with E-state index in [9.17, 15) is 0 Å². The molecule has 0 aliphatic heterocycles. The number of nitrogens with zero attached hydrogens (tertiary/aromatic N) is 1. The number of alkyl halides is 1. The Morgan fingerprint density at radius 1 is 1.86 bits per heavy atom. The summed E-state index contributed by atoms with van der Waals surface area (Å²) in [4.78, 5) is 0. The van der Waals surface area contributed by atoms with Crippen LogP contribution in [0, 0.1) is 11.3 Å². The standard InChI is InChI=1S/C3H5ClN2.ClH/c4-3(6)1-2-5;/h3H,1,6H2;1H. The van der Waals surface area contributed by atoms with E-state index >= 15 is 0 Å². The van der Waals surface area contributed by atoms with Gasteiger partial charge in [-0.05, 0) is 0 Å². The summed E-state index contributed by atoms with van der Waals surface area (Å²) in [5.74, 6) is 0. The average molecular weight is 141 g/mol. The van der Waals surface area contributed by atoms with E-state index in [1.807, 2.05) is 6.07 Å². The zero-order valence-corrected chi connectivity index (χ0v) is 5.17. The number of hydrogen-bond acceptors (Lipinski definition) is 2. The van der Waals surface area contributed by atoms with E-state index in [2.05, 4.69) is 0 Å². The number of nitrogens with two attached hydrogens (primary N) is 1. The van der Waals surface area contributed by atoms with E-state index in [1.54, 1.807) is 0 Å². The molecule has 0 heterocycles. The maximum absolute atomic E-state index is 7.82. The highest BCUT2D eigenvalue weighted by Gasteiger charge is 1.88. The van der Waals surface area contributed by atoms with Crippen molar-refractivity contribution in [2.75, 3.05) is 0 Å². The van der Waals surface area contributed by atoms with E-state index in [1.165, 1.54) is 0 Å². The minimum absolute atomic E-state index is 0. The van der Waals surface area contributed by atoms with Gasteiger partial charge in [-0.3, -0.25) is 0 Å². The molecule has 0 radical (unpaired) electrons. The average Bonchev–Trinajstić information content (AvgIpc) is 1.35. The first-order valence-electron chi connectivity index (χ1n) is 1.54. The molecule has 42 valence electrons. The largest absolute Gasteiger partial charge is 0.314 e. The van der Waals surface area contributed by atoms with Gasteiger partial charge in [-0.2, -0.15) is 5.26 Å². The lowest BCUT2D eigenvalue weighted by Gasteiger charge is -1.86. The maximum Gasteiger partial charge on any atom is 0.0931 e. The van der Waals surface area contributed by atoms with Gasteiger partial charge in [0, 0.05) is 0 Å². The van der Waals surface area contributed by atoms with Crippen LogP contribution in [0.3, 0.4) is 0 Å². The zero-order chi connectivity index (χ0) is 4.99. The molecule has 4 heteroatoms. The van der Waals surface area contributed by atoms with Gasteiger partial charge in [-0.15, -0.1) is 24.0 Å². The molecule has 0 amide bonds. The molecule has 0 aliphatic rings. The maximum atomic E-state index is 7.82. The minimum Gasteiger partial charge on any atom is -0.314 e. The van der Waals surface area contributed by atoms with Crippen LogP contribution < -0.4 is 5.73 Å². The fourth-order valence-electron chi connectivity index (χ4n) is 0.0872. The van der Waals surface area contributed by atoms with E-state index in [-0.39, 0.29) is 18.8 Å². The van der Waals surface area contributed by atoms with Crippen molar-refractivity contribution in [3.8, 4) is 6.07 Å². The van der Waals surface area contributed by atoms with Gasteiger partial charge < -0.3 is 5.73 Å². The summed E-state index contributed by atoms with van der Waals surface area (Å²) < 4.78 is 0. The zero-order valence-electron chi connectivity index (χ0n) is 3.60. The number of nitriles is 1. The van der Waals surface area contributed by atoms with Crippen LogP contribution >= 0.6 is 24.0 Å². The summed E-state index contributed by atoms with van der Waals surface area (Å²) >= 11 is 5.13. The van der Waals surface area contributed by atoms with Crippen LogP contribution in [0.4, 0.5) is 0 Å². The fraction of sp³-hybridized carbons (Fsp3) is 0.667. The Labute approximate surface area is 53.7 Å². The quantitative estimate of drug-likeness (QED) is 0.434. The second-order valence-electron chi connectivity index (χ2n) is 0.878. The molecule has 0 saturated heterocycles. The van der Waals surface area contributed by atoms with Gasteiger partial charge in [0.15, 0.2) is 0 Å². The Morgan fingerprint density at radius 3 is 2.29 bits per heavy atom. The van der Waals surface area contributed by atoms with E-state index in [4.69, 9.17) is 22.6 Å². The molecule has 2 N–H and O–H groups in total. The number of rotatable bonds is 1. The monoisotopic (exact) mass is 140 g/mol. The van der Waals surface area contributed by atoms with Crippen molar-refractivity contribution < 1.29 is 0 Å². The molecule has 0 rings (SSSR count). The molecule has 0 aromatic heterocycles.